The summed E-state index contributed by atoms with van der Waals surface area (Å²) in [6.07, 6.45) is 16.1. The Balaban J connectivity index is 2.32. The monoisotopic (exact) mass is 281 g/mol. The summed E-state index contributed by atoms with van der Waals surface area (Å²) < 4.78 is 0. The maximum atomic E-state index is 2.34. The van der Waals surface area contributed by atoms with Gasteiger partial charge in [-0.1, -0.05) is 56.2 Å². The van der Waals surface area contributed by atoms with Gasteiger partial charge in [0.1, 0.15) is 0 Å². The minimum atomic E-state index is 0.351. The molecule has 0 N–H and O–H groups in total. The predicted molar refractivity (Wildman–Crippen MR) is 92.8 cm³/mol. The van der Waals surface area contributed by atoms with Crippen molar-refractivity contribution in [3.8, 4) is 0 Å². The Labute approximate surface area is 129 Å². The van der Waals surface area contributed by atoms with Gasteiger partial charge in [0.25, 0.3) is 0 Å². The van der Waals surface area contributed by atoms with Gasteiger partial charge in [-0.2, -0.15) is 0 Å². The fourth-order valence-corrected chi connectivity index (χ4v) is 3.04. The second-order valence-electron chi connectivity index (χ2n) is 5.60. The van der Waals surface area contributed by atoms with Gasteiger partial charge in [-0.3, -0.25) is 0 Å². The van der Waals surface area contributed by atoms with Crippen LogP contribution < -0.4 is 0 Å². The van der Waals surface area contributed by atoms with Crippen LogP contribution in [0, 0.1) is 0 Å². The third-order valence-electron chi connectivity index (χ3n) is 4.13. The average Bonchev–Trinajstić information content (AvgIpc) is 2.52. The molecule has 1 heterocycles. The van der Waals surface area contributed by atoms with Crippen LogP contribution in [0.2, 0.25) is 0 Å². The fourth-order valence-electron chi connectivity index (χ4n) is 3.04. The van der Waals surface area contributed by atoms with E-state index in [2.05, 4.69) is 80.6 Å². The summed E-state index contributed by atoms with van der Waals surface area (Å²) in [5, 5.41) is 0. The topological polar surface area (TPSA) is 3.24 Å². The number of unbranched alkanes of at least 4 members (excludes halogenated alkanes) is 2. The molecular formula is C20H27N. The van der Waals surface area contributed by atoms with Crippen LogP contribution in [0.25, 0.3) is 6.08 Å². The molecule has 1 aliphatic heterocycles. The number of rotatable bonds is 6. The maximum Gasteiger partial charge on any atom is 0.0798 e. The highest BCUT2D eigenvalue weighted by Gasteiger charge is 2.24. The highest BCUT2D eigenvalue weighted by molar-refractivity contribution is 5.59. The van der Waals surface area contributed by atoms with E-state index in [9.17, 15) is 0 Å². The van der Waals surface area contributed by atoms with Gasteiger partial charge >= 0.3 is 0 Å². The van der Waals surface area contributed by atoms with Gasteiger partial charge in [0.2, 0.25) is 0 Å². The van der Waals surface area contributed by atoms with Crippen LogP contribution in [0.1, 0.15) is 63.6 Å². The molecule has 0 bridgehead atoms. The Morgan fingerprint density at radius 1 is 1.19 bits per heavy atom. The number of benzene rings is 1. The second-order valence-corrected chi connectivity index (χ2v) is 5.60. The van der Waals surface area contributed by atoms with Crippen LogP contribution >= 0.6 is 0 Å². The lowest BCUT2D eigenvalue weighted by Gasteiger charge is -2.34. The number of hydrogen-bond donors (Lipinski definition) is 0. The Morgan fingerprint density at radius 3 is 2.71 bits per heavy atom. The Bertz CT molecular complexity index is 537. The van der Waals surface area contributed by atoms with Crippen LogP contribution in [-0.4, -0.2) is 4.90 Å². The van der Waals surface area contributed by atoms with E-state index >= 15 is 0 Å². The van der Waals surface area contributed by atoms with E-state index in [-0.39, 0.29) is 0 Å². The molecule has 1 aromatic carbocycles. The minimum Gasteiger partial charge on any atom is -0.343 e. The van der Waals surface area contributed by atoms with E-state index in [0.29, 0.717) is 6.04 Å². The summed E-state index contributed by atoms with van der Waals surface area (Å²) in [5.74, 6) is 0. The van der Waals surface area contributed by atoms with Gasteiger partial charge in [0.15, 0.2) is 0 Å². The van der Waals surface area contributed by atoms with Crippen molar-refractivity contribution in [2.45, 2.75) is 52.5 Å². The lowest BCUT2D eigenvalue weighted by atomic mass is 9.88. The molecule has 21 heavy (non-hydrogen) atoms. The first-order valence-electron chi connectivity index (χ1n) is 8.14. The molecule has 1 nitrogen and oxygen atoms in total. The number of hydrogen-bond acceptors (Lipinski definition) is 1. The van der Waals surface area contributed by atoms with Crippen molar-refractivity contribution in [1.82, 2.24) is 4.90 Å². The molecule has 0 radical (unpaired) electrons. The van der Waals surface area contributed by atoms with Crippen molar-refractivity contribution >= 4 is 6.08 Å². The zero-order valence-electron chi connectivity index (χ0n) is 13.5. The lowest BCUT2D eigenvalue weighted by molar-refractivity contribution is 0.404. The molecule has 0 saturated heterocycles. The van der Waals surface area contributed by atoms with E-state index in [0.717, 1.165) is 0 Å². The summed E-state index contributed by atoms with van der Waals surface area (Å²) in [4.78, 5) is 2.34. The van der Waals surface area contributed by atoms with E-state index in [1.165, 1.54) is 42.4 Å². The Morgan fingerprint density at radius 2 is 2.00 bits per heavy atom. The highest BCUT2D eigenvalue weighted by Crippen LogP contribution is 2.37. The van der Waals surface area contributed by atoms with E-state index in [4.69, 9.17) is 0 Å². The predicted octanol–water partition coefficient (Wildman–Crippen LogP) is 6.07. The molecule has 0 saturated carbocycles. The molecule has 0 spiro atoms. The van der Waals surface area contributed by atoms with Crippen molar-refractivity contribution in [2.75, 3.05) is 0 Å². The van der Waals surface area contributed by atoms with Crippen LogP contribution in [-0.2, 0) is 0 Å². The fraction of sp³-hybridized carbons (Fsp3) is 0.400. The first-order valence-corrected chi connectivity index (χ1v) is 8.14. The zero-order valence-corrected chi connectivity index (χ0v) is 13.5. The van der Waals surface area contributed by atoms with Crippen molar-refractivity contribution in [2.24, 2.45) is 0 Å². The van der Waals surface area contributed by atoms with Crippen LogP contribution in [0.5, 0.6) is 0 Å². The van der Waals surface area contributed by atoms with Gasteiger partial charge in [-0.25, -0.2) is 0 Å². The molecule has 1 unspecified atom stereocenters. The third-order valence-corrected chi connectivity index (χ3v) is 4.13. The quantitative estimate of drug-likeness (QED) is 0.451. The van der Waals surface area contributed by atoms with Crippen LogP contribution in [0.15, 0.2) is 54.4 Å². The van der Waals surface area contributed by atoms with Crippen molar-refractivity contribution in [3.63, 3.8) is 0 Å². The molecule has 1 atom stereocenters. The van der Waals surface area contributed by atoms with Gasteiger partial charge < -0.3 is 4.90 Å². The standard InChI is InChI=1S/C20H27N/c1-4-7-8-11-17(6-3)20-19-13-10-9-12-18(19)14-16-21(20)15-5-2/h5-6,9-10,12-16,20H,4,7-8,11H2,1-3H3. The van der Waals surface area contributed by atoms with E-state index in [1.807, 2.05) is 0 Å². The van der Waals surface area contributed by atoms with Gasteiger partial charge in [0.05, 0.1) is 6.04 Å². The Hall–Kier alpha value is -1.76. The summed E-state index contributed by atoms with van der Waals surface area (Å²) in [6.45, 7) is 6.52. The van der Waals surface area contributed by atoms with Gasteiger partial charge in [-0.15, -0.1) is 0 Å². The largest absolute Gasteiger partial charge is 0.343 e. The number of allylic oxidation sites excluding steroid dienone is 2. The molecule has 0 amide bonds. The molecule has 0 fully saturated rings. The highest BCUT2D eigenvalue weighted by atomic mass is 15.1. The average molecular weight is 281 g/mol. The van der Waals surface area contributed by atoms with E-state index in [1.54, 1.807) is 0 Å². The van der Waals surface area contributed by atoms with Crippen LogP contribution in [0.4, 0.5) is 0 Å². The molecule has 2 rings (SSSR count). The van der Waals surface area contributed by atoms with Crippen molar-refractivity contribution < 1.29 is 0 Å². The SMILES string of the molecule is CC=CN1C=Cc2ccccc2C1C(=CC)CCCCC. The first-order chi connectivity index (χ1) is 10.3. The van der Waals surface area contributed by atoms with Crippen LogP contribution in [0.3, 0.4) is 0 Å². The van der Waals surface area contributed by atoms with Gasteiger partial charge in [0, 0.05) is 12.4 Å². The first kappa shape index (κ1) is 15.6. The molecule has 1 aromatic rings. The maximum absolute atomic E-state index is 2.34. The van der Waals surface area contributed by atoms with Crippen molar-refractivity contribution in [1.29, 1.82) is 0 Å². The Kier molecular flexibility index (Phi) is 5.86. The second kappa shape index (κ2) is 7.87. The smallest absolute Gasteiger partial charge is 0.0798 e. The molecular weight excluding hydrogens is 254 g/mol. The minimum absolute atomic E-state index is 0.351. The zero-order chi connectivity index (χ0) is 15.1. The summed E-state index contributed by atoms with van der Waals surface area (Å²) >= 11 is 0. The van der Waals surface area contributed by atoms with Gasteiger partial charge in [-0.05, 0) is 49.5 Å². The third kappa shape index (κ3) is 3.66. The van der Waals surface area contributed by atoms with E-state index < -0.39 is 0 Å². The summed E-state index contributed by atoms with van der Waals surface area (Å²) in [5.41, 5.74) is 4.29. The number of nitrogens with zero attached hydrogens (tertiary/aromatic N) is 1. The molecule has 112 valence electrons. The van der Waals surface area contributed by atoms with Crippen molar-refractivity contribution in [3.05, 3.63) is 65.5 Å². The molecule has 1 heteroatoms. The molecule has 0 aromatic heterocycles. The lowest BCUT2D eigenvalue weighted by Crippen LogP contribution is -2.23. The molecule has 0 aliphatic carbocycles. The number of fused-ring (bicyclic) bond motifs is 1. The normalized spacial score (nSPS) is 18.3. The summed E-state index contributed by atoms with van der Waals surface area (Å²) in [6, 6.07) is 9.11. The molecule has 1 aliphatic rings. The summed E-state index contributed by atoms with van der Waals surface area (Å²) in [7, 11) is 0.